The van der Waals surface area contributed by atoms with Crippen LogP contribution in [0.2, 0.25) is 0 Å². The topological polar surface area (TPSA) is 65.0 Å². The Morgan fingerprint density at radius 2 is 1.96 bits per heavy atom. The van der Waals surface area contributed by atoms with E-state index in [9.17, 15) is 8.42 Å². The van der Waals surface area contributed by atoms with Crippen LogP contribution in [0.1, 0.15) is 25.7 Å². The highest BCUT2D eigenvalue weighted by atomic mass is 32.2. The number of likely N-dealkylation sites (tertiary alicyclic amines) is 1. The number of nitrogens with one attached hydrogen (secondary N) is 1. The highest BCUT2D eigenvalue weighted by molar-refractivity contribution is 7.99. The molecular weight excluding hydrogens is 332 g/mol. The fourth-order valence-electron chi connectivity index (χ4n) is 3.78. The van der Waals surface area contributed by atoms with Crippen LogP contribution in [0.3, 0.4) is 0 Å². The Labute approximate surface area is 144 Å². The lowest BCUT2D eigenvalue weighted by Gasteiger charge is -2.38. The lowest BCUT2D eigenvalue weighted by molar-refractivity contribution is 0.151. The van der Waals surface area contributed by atoms with Gasteiger partial charge in [0.25, 0.3) is 0 Å². The third kappa shape index (κ3) is 3.96. The van der Waals surface area contributed by atoms with E-state index in [1.54, 1.807) is 11.4 Å². The first-order chi connectivity index (χ1) is 11.0. The van der Waals surface area contributed by atoms with Crippen LogP contribution in [0.5, 0.6) is 0 Å². The van der Waals surface area contributed by atoms with Crippen molar-refractivity contribution >= 4 is 27.7 Å². The first-order valence-electron chi connectivity index (χ1n) is 8.56. The van der Waals surface area contributed by atoms with E-state index in [2.05, 4.69) is 15.2 Å². The fraction of sp³-hybridized carbons (Fsp3) is 0.933. The first kappa shape index (κ1) is 17.4. The highest BCUT2D eigenvalue weighted by Crippen LogP contribution is 2.47. The quantitative estimate of drug-likeness (QED) is 0.594. The van der Waals surface area contributed by atoms with Crippen LogP contribution in [-0.2, 0) is 10.0 Å². The molecule has 132 valence electrons. The van der Waals surface area contributed by atoms with E-state index >= 15 is 0 Å². The van der Waals surface area contributed by atoms with E-state index in [0.29, 0.717) is 25.0 Å². The molecule has 23 heavy (non-hydrogen) atoms. The van der Waals surface area contributed by atoms with Crippen LogP contribution >= 0.6 is 11.8 Å². The Balaban J connectivity index is 1.47. The van der Waals surface area contributed by atoms with Crippen LogP contribution < -0.4 is 5.32 Å². The SMILES string of the molecule is CN=C(NCCS(=O)(=O)N1CCSCC1)N1CCC2(CCC2)C1. The van der Waals surface area contributed by atoms with Crippen molar-refractivity contribution < 1.29 is 8.42 Å². The van der Waals surface area contributed by atoms with Crippen LogP contribution in [0.25, 0.3) is 0 Å². The molecule has 0 radical (unpaired) electrons. The lowest BCUT2D eigenvalue weighted by atomic mass is 9.68. The van der Waals surface area contributed by atoms with Gasteiger partial charge in [-0.1, -0.05) is 6.42 Å². The van der Waals surface area contributed by atoms with Crippen LogP contribution in [0.15, 0.2) is 4.99 Å². The second-order valence-corrected chi connectivity index (χ2v) is 10.1. The molecular formula is C15H28N4O2S2. The molecule has 1 aliphatic carbocycles. The maximum Gasteiger partial charge on any atom is 0.215 e. The summed E-state index contributed by atoms with van der Waals surface area (Å²) in [6, 6.07) is 0. The van der Waals surface area contributed by atoms with Crippen LogP contribution in [0, 0.1) is 5.41 Å². The molecule has 0 unspecified atom stereocenters. The van der Waals surface area contributed by atoms with Gasteiger partial charge in [-0.2, -0.15) is 11.8 Å². The number of sulfonamides is 1. The predicted molar refractivity (Wildman–Crippen MR) is 96.5 cm³/mol. The Hall–Kier alpha value is -0.470. The molecule has 3 rings (SSSR count). The van der Waals surface area contributed by atoms with Gasteiger partial charge < -0.3 is 10.2 Å². The minimum absolute atomic E-state index is 0.148. The van der Waals surface area contributed by atoms with Crippen LogP contribution in [0.4, 0.5) is 0 Å². The molecule has 1 saturated carbocycles. The van der Waals surface area contributed by atoms with Gasteiger partial charge in [-0.05, 0) is 24.7 Å². The van der Waals surface area contributed by atoms with Gasteiger partial charge in [0.15, 0.2) is 5.96 Å². The number of hydrogen-bond acceptors (Lipinski definition) is 4. The summed E-state index contributed by atoms with van der Waals surface area (Å²) >= 11 is 1.82. The van der Waals surface area contributed by atoms with Gasteiger partial charge in [-0.3, -0.25) is 4.99 Å². The summed E-state index contributed by atoms with van der Waals surface area (Å²) in [6.07, 6.45) is 5.27. The summed E-state index contributed by atoms with van der Waals surface area (Å²) in [5.74, 6) is 2.82. The normalized spacial score (nSPS) is 25.6. The number of thioether (sulfide) groups is 1. The molecule has 0 atom stereocenters. The van der Waals surface area contributed by atoms with Gasteiger partial charge >= 0.3 is 0 Å². The summed E-state index contributed by atoms with van der Waals surface area (Å²) in [4.78, 5) is 6.64. The van der Waals surface area contributed by atoms with E-state index in [1.165, 1.54) is 25.7 Å². The standard InChI is InChI=1S/C15H28N4O2S2/c1-16-14(18-7-5-15(13-18)3-2-4-15)17-6-12-23(20,21)19-8-10-22-11-9-19/h2-13H2,1H3,(H,16,17). The summed E-state index contributed by atoms with van der Waals surface area (Å²) in [6.45, 7) is 3.84. The number of rotatable bonds is 4. The second kappa shape index (κ2) is 7.19. The largest absolute Gasteiger partial charge is 0.355 e. The Morgan fingerprint density at radius 3 is 2.52 bits per heavy atom. The van der Waals surface area contributed by atoms with Gasteiger partial charge in [-0.15, -0.1) is 0 Å². The molecule has 0 bridgehead atoms. The van der Waals surface area contributed by atoms with Gasteiger partial charge in [0.2, 0.25) is 10.0 Å². The first-order valence-corrected chi connectivity index (χ1v) is 11.3. The molecule has 8 heteroatoms. The number of aliphatic imine (C=N–C) groups is 1. The molecule has 2 heterocycles. The average molecular weight is 361 g/mol. The molecule has 1 N–H and O–H groups in total. The predicted octanol–water partition coefficient (Wildman–Crippen LogP) is 0.816. The fourth-order valence-corrected chi connectivity index (χ4v) is 6.27. The molecule has 2 aliphatic heterocycles. The minimum Gasteiger partial charge on any atom is -0.355 e. The zero-order valence-electron chi connectivity index (χ0n) is 14.0. The summed E-state index contributed by atoms with van der Waals surface area (Å²) < 4.78 is 26.3. The van der Waals surface area contributed by atoms with Crippen molar-refractivity contribution in [1.29, 1.82) is 0 Å². The Kier molecular flexibility index (Phi) is 5.42. The smallest absolute Gasteiger partial charge is 0.215 e. The van der Waals surface area contributed by atoms with Crippen molar-refractivity contribution in [1.82, 2.24) is 14.5 Å². The van der Waals surface area contributed by atoms with Crippen molar-refractivity contribution in [3.8, 4) is 0 Å². The van der Waals surface area contributed by atoms with Gasteiger partial charge in [0.1, 0.15) is 0 Å². The van der Waals surface area contributed by atoms with Crippen molar-refractivity contribution in [3.63, 3.8) is 0 Å². The molecule has 3 aliphatic rings. The van der Waals surface area contributed by atoms with Gasteiger partial charge in [0, 0.05) is 51.3 Å². The Morgan fingerprint density at radius 1 is 1.22 bits per heavy atom. The van der Waals surface area contributed by atoms with Crippen molar-refractivity contribution in [2.75, 3.05) is 57.0 Å². The van der Waals surface area contributed by atoms with Gasteiger partial charge in [0.05, 0.1) is 5.75 Å². The maximum absolute atomic E-state index is 12.4. The number of guanidine groups is 1. The maximum atomic E-state index is 12.4. The van der Waals surface area contributed by atoms with Crippen molar-refractivity contribution in [2.45, 2.75) is 25.7 Å². The number of nitrogens with zero attached hydrogens (tertiary/aromatic N) is 3. The summed E-state index contributed by atoms with van der Waals surface area (Å²) in [5, 5.41) is 3.26. The van der Waals surface area contributed by atoms with E-state index in [0.717, 1.165) is 30.6 Å². The molecule has 3 fully saturated rings. The van der Waals surface area contributed by atoms with E-state index < -0.39 is 10.0 Å². The molecule has 0 aromatic carbocycles. The van der Waals surface area contributed by atoms with E-state index in [1.807, 2.05) is 11.8 Å². The molecule has 0 aromatic rings. The monoisotopic (exact) mass is 360 g/mol. The van der Waals surface area contributed by atoms with Crippen molar-refractivity contribution in [3.05, 3.63) is 0 Å². The molecule has 2 saturated heterocycles. The average Bonchev–Trinajstić information content (AvgIpc) is 2.98. The lowest BCUT2D eigenvalue weighted by Crippen LogP contribution is -2.46. The second-order valence-electron chi connectivity index (χ2n) is 6.83. The molecule has 1 spiro atoms. The van der Waals surface area contributed by atoms with E-state index in [4.69, 9.17) is 0 Å². The van der Waals surface area contributed by atoms with Crippen LogP contribution in [-0.4, -0.2) is 80.6 Å². The number of hydrogen-bond donors (Lipinski definition) is 1. The zero-order valence-corrected chi connectivity index (χ0v) is 15.6. The molecule has 0 amide bonds. The van der Waals surface area contributed by atoms with E-state index in [-0.39, 0.29) is 5.75 Å². The third-order valence-corrected chi connectivity index (χ3v) is 8.18. The summed E-state index contributed by atoms with van der Waals surface area (Å²) in [7, 11) is -1.36. The third-order valence-electron chi connectivity index (χ3n) is 5.37. The van der Waals surface area contributed by atoms with Crippen molar-refractivity contribution in [2.24, 2.45) is 10.4 Å². The zero-order chi connectivity index (χ0) is 16.3. The minimum atomic E-state index is -3.14. The molecule has 0 aromatic heterocycles. The Bertz CT molecular complexity index is 540. The highest BCUT2D eigenvalue weighted by Gasteiger charge is 2.43. The van der Waals surface area contributed by atoms with Gasteiger partial charge in [-0.25, -0.2) is 12.7 Å². The molecule has 6 nitrogen and oxygen atoms in total. The summed E-state index contributed by atoms with van der Waals surface area (Å²) in [5.41, 5.74) is 0.523.